The summed E-state index contributed by atoms with van der Waals surface area (Å²) in [6.45, 7) is 3.37. The van der Waals surface area contributed by atoms with Crippen LogP contribution in [-0.2, 0) is 19.3 Å². The highest BCUT2D eigenvalue weighted by Gasteiger charge is 2.38. The Morgan fingerprint density at radius 2 is 1.88 bits per heavy atom. The molecule has 0 aliphatic heterocycles. The average Bonchev–Trinajstić information content (AvgIpc) is 3.35. The second-order valence-electron chi connectivity index (χ2n) is 7.21. The average molecular weight is 484 g/mol. The largest absolute Gasteiger partial charge is 0.486 e. The number of benzene rings is 1. The summed E-state index contributed by atoms with van der Waals surface area (Å²) in [5, 5.41) is 5.73. The van der Waals surface area contributed by atoms with E-state index in [4.69, 9.17) is 20.8 Å². The number of aryl methyl sites for hydroxylation is 1. The Labute approximate surface area is 192 Å². The number of hydrogen-bond donors (Lipinski definition) is 1. The standard InChI is InChI=1S/C22H21ClF3N3O4/c1-13-19(23)20(22(24,25)26)28-29(13)11-3-10-27-21(31)18-9-8-17(33-18)12-32-16-6-4-15(5-7-16)14(2)30/h4-9H,3,10-12H2,1-2H3,(H,27,31). The first-order chi connectivity index (χ1) is 15.6. The number of nitrogens with zero attached hydrogens (tertiary/aromatic N) is 2. The summed E-state index contributed by atoms with van der Waals surface area (Å²) in [5.41, 5.74) is -0.335. The monoisotopic (exact) mass is 483 g/mol. The van der Waals surface area contributed by atoms with E-state index in [1.807, 2.05) is 0 Å². The van der Waals surface area contributed by atoms with Crippen molar-refractivity contribution in [3.05, 3.63) is 69.9 Å². The van der Waals surface area contributed by atoms with Crippen LogP contribution in [0.1, 0.15) is 51.4 Å². The summed E-state index contributed by atoms with van der Waals surface area (Å²) < 4.78 is 50.8. The molecule has 0 aliphatic carbocycles. The Hall–Kier alpha value is -3.27. The van der Waals surface area contributed by atoms with E-state index < -0.39 is 22.8 Å². The van der Waals surface area contributed by atoms with Gasteiger partial charge in [-0.25, -0.2) is 0 Å². The zero-order valence-electron chi connectivity index (χ0n) is 17.8. The molecule has 0 aliphatic rings. The molecule has 1 amide bonds. The molecule has 0 bridgehead atoms. The van der Waals surface area contributed by atoms with Crippen molar-refractivity contribution < 1.29 is 31.9 Å². The third kappa shape index (κ3) is 6.16. The third-order valence-corrected chi connectivity index (χ3v) is 5.21. The van der Waals surface area contributed by atoms with Crippen LogP contribution in [0.4, 0.5) is 13.2 Å². The highest BCUT2D eigenvalue weighted by Crippen LogP contribution is 2.35. The van der Waals surface area contributed by atoms with Crippen LogP contribution in [0, 0.1) is 6.92 Å². The van der Waals surface area contributed by atoms with Crippen molar-refractivity contribution in [3.63, 3.8) is 0 Å². The van der Waals surface area contributed by atoms with Crippen LogP contribution in [0.25, 0.3) is 0 Å². The van der Waals surface area contributed by atoms with Crippen molar-refractivity contribution in [2.45, 2.75) is 39.6 Å². The van der Waals surface area contributed by atoms with Crippen LogP contribution in [0.5, 0.6) is 5.75 Å². The lowest BCUT2D eigenvalue weighted by molar-refractivity contribution is -0.141. The van der Waals surface area contributed by atoms with Gasteiger partial charge in [-0.2, -0.15) is 18.3 Å². The fourth-order valence-corrected chi connectivity index (χ4v) is 3.20. The van der Waals surface area contributed by atoms with Gasteiger partial charge < -0.3 is 14.5 Å². The van der Waals surface area contributed by atoms with Crippen molar-refractivity contribution >= 4 is 23.3 Å². The number of alkyl halides is 3. The van der Waals surface area contributed by atoms with Crippen molar-refractivity contribution in [2.75, 3.05) is 6.54 Å². The van der Waals surface area contributed by atoms with Crippen LogP contribution in [0.2, 0.25) is 5.02 Å². The van der Waals surface area contributed by atoms with Gasteiger partial charge in [-0.05, 0) is 56.7 Å². The van der Waals surface area contributed by atoms with E-state index in [0.29, 0.717) is 23.5 Å². The minimum absolute atomic E-state index is 0.0437. The number of nitrogens with one attached hydrogen (secondary N) is 1. The van der Waals surface area contributed by atoms with Gasteiger partial charge in [-0.15, -0.1) is 0 Å². The molecule has 0 radical (unpaired) electrons. The highest BCUT2D eigenvalue weighted by atomic mass is 35.5. The van der Waals surface area contributed by atoms with E-state index in [2.05, 4.69) is 10.4 Å². The predicted molar refractivity (Wildman–Crippen MR) is 113 cm³/mol. The van der Waals surface area contributed by atoms with E-state index in [9.17, 15) is 22.8 Å². The van der Waals surface area contributed by atoms with Crippen molar-refractivity contribution in [1.82, 2.24) is 15.1 Å². The number of carbonyl (C=O) groups is 2. The maximum atomic E-state index is 12.9. The maximum Gasteiger partial charge on any atom is 0.436 e. The Bertz CT molecular complexity index is 1140. The molecule has 2 aromatic heterocycles. The van der Waals surface area contributed by atoms with E-state index >= 15 is 0 Å². The van der Waals surface area contributed by atoms with E-state index in [1.165, 1.54) is 24.6 Å². The molecule has 3 aromatic rings. The van der Waals surface area contributed by atoms with E-state index in [1.54, 1.807) is 30.3 Å². The summed E-state index contributed by atoms with van der Waals surface area (Å²) >= 11 is 5.72. The van der Waals surface area contributed by atoms with Crippen LogP contribution >= 0.6 is 11.6 Å². The summed E-state index contributed by atoms with van der Waals surface area (Å²) in [7, 11) is 0. The number of rotatable bonds is 9. The minimum atomic E-state index is -4.62. The van der Waals surface area contributed by atoms with Crippen LogP contribution in [-0.4, -0.2) is 28.0 Å². The normalized spacial score (nSPS) is 11.5. The Morgan fingerprint density at radius 3 is 2.48 bits per heavy atom. The van der Waals surface area contributed by atoms with Crippen molar-refractivity contribution in [3.8, 4) is 5.75 Å². The number of halogens is 4. The van der Waals surface area contributed by atoms with Crippen LogP contribution in [0.3, 0.4) is 0 Å². The Balaban J connectivity index is 1.46. The number of hydrogen-bond acceptors (Lipinski definition) is 5. The zero-order chi connectivity index (χ0) is 24.2. The number of furan rings is 1. The first kappa shape index (κ1) is 24.4. The molecule has 3 rings (SSSR count). The number of ketones is 1. The Morgan fingerprint density at radius 1 is 1.18 bits per heavy atom. The van der Waals surface area contributed by atoms with Gasteiger partial charge in [0.1, 0.15) is 18.1 Å². The molecule has 0 fully saturated rings. The molecule has 0 saturated heterocycles. The van der Waals surface area contributed by atoms with Crippen LogP contribution < -0.4 is 10.1 Å². The molecule has 33 heavy (non-hydrogen) atoms. The molecule has 0 unspecified atom stereocenters. The first-order valence-corrected chi connectivity index (χ1v) is 10.3. The number of amides is 1. The van der Waals surface area contributed by atoms with Gasteiger partial charge in [0.15, 0.2) is 17.2 Å². The topological polar surface area (TPSA) is 86.4 Å². The molecule has 0 spiro atoms. The van der Waals surface area contributed by atoms with Gasteiger partial charge in [-0.1, -0.05) is 11.6 Å². The fraction of sp³-hybridized carbons (Fsp3) is 0.318. The van der Waals surface area contributed by atoms with Gasteiger partial charge in [0.25, 0.3) is 5.91 Å². The molecule has 0 saturated carbocycles. The summed E-state index contributed by atoms with van der Waals surface area (Å²) in [6.07, 6.45) is -4.28. The zero-order valence-corrected chi connectivity index (χ0v) is 18.6. The summed E-state index contributed by atoms with van der Waals surface area (Å²) in [4.78, 5) is 23.5. The lowest BCUT2D eigenvalue weighted by Crippen LogP contribution is -2.25. The SMILES string of the molecule is CC(=O)c1ccc(OCc2ccc(C(=O)NCCCn3nc(C(F)(F)F)c(Cl)c3C)o2)cc1. The molecule has 0 atom stereocenters. The molecular weight excluding hydrogens is 463 g/mol. The lowest BCUT2D eigenvalue weighted by Gasteiger charge is -2.06. The van der Waals surface area contributed by atoms with Gasteiger partial charge in [-0.3, -0.25) is 14.3 Å². The van der Waals surface area contributed by atoms with Crippen LogP contribution in [0.15, 0.2) is 40.8 Å². The van der Waals surface area contributed by atoms with E-state index in [-0.39, 0.29) is 36.9 Å². The van der Waals surface area contributed by atoms with Gasteiger partial charge in [0.05, 0.1) is 10.7 Å². The van der Waals surface area contributed by atoms with Gasteiger partial charge in [0, 0.05) is 18.7 Å². The number of aromatic nitrogens is 2. The maximum absolute atomic E-state index is 12.9. The fourth-order valence-electron chi connectivity index (χ4n) is 2.96. The third-order valence-electron chi connectivity index (χ3n) is 4.76. The quantitative estimate of drug-likeness (QED) is 0.339. The molecule has 11 heteroatoms. The van der Waals surface area contributed by atoms with E-state index in [0.717, 1.165) is 0 Å². The molecule has 1 N–H and O–H groups in total. The summed E-state index contributed by atoms with van der Waals surface area (Å²) in [6, 6.07) is 9.74. The lowest BCUT2D eigenvalue weighted by atomic mass is 10.1. The Kier molecular flexibility index (Phi) is 7.47. The van der Waals surface area contributed by atoms with Gasteiger partial charge >= 0.3 is 6.18 Å². The second-order valence-corrected chi connectivity index (χ2v) is 7.59. The predicted octanol–water partition coefficient (Wildman–Crippen LogP) is 5.06. The summed E-state index contributed by atoms with van der Waals surface area (Å²) in [5.74, 6) is 0.552. The molecule has 7 nitrogen and oxygen atoms in total. The van der Waals surface area contributed by atoms with Crippen molar-refractivity contribution in [2.24, 2.45) is 0 Å². The second kappa shape index (κ2) is 10.1. The number of Topliss-reactive ketones (excluding diaryl/α,β-unsaturated/α-hetero) is 1. The number of carbonyl (C=O) groups excluding carboxylic acids is 2. The van der Waals surface area contributed by atoms with Crippen molar-refractivity contribution in [1.29, 1.82) is 0 Å². The molecule has 176 valence electrons. The first-order valence-electron chi connectivity index (χ1n) is 9.97. The highest BCUT2D eigenvalue weighted by molar-refractivity contribution is 6.31. The van der Waals surface area contributed by atoms with Gasteiger partial charge in [0.2, 0.25) is 0 Å². The molecule has 2 heterocycles. The smallest absolute Gasteiger partial charge is 0.436 e. The molecule has 1 aromatic carbocycles. The number of ether oxygens (including phenoxy) is 1. The minimum Gasteiger partial charge on any atom is -0.486 e. The molecular formula is C22H21ClF3N3O4.